The molecule has 0 saturated carbocycles. The molecule has 2 atom stereocenters. The number of benzene rings is 4. The molecule has 2 aliphatic heterocycles. The molecular formula is C37H34Cl2N6O6. The van der Waals surface area contributed by atoms with Crippen LogP contribution in [0.25, 0.3) is 10.8 Å². The number of hydrogen-bond donors (Lipinski definition) is 1. The maximum Gasteiger partial charge on any atom is 0.343 e. The van der Waals surface area contributed by atoms with Crippen molar-refractivity contribution < 1.29 is 28.7 Å². The van der Waals surface area contributed by atoms with E-state index in [-0.39, 0.29) is 57.6 Å². The van der Waals surface area contributed by atoms with Gasteiger partial charge in [-0.05, 0) is 51.7 Å². The molecule has 14 heteroatoms. The highest BCUT2D eigenvalue weighted by Crippen LogP contribution is 2.32. The van der Waals surface area contributed by atoms with Crippen LogP contribution in [0.1, 0.15) is 16.7 Å². The number of carbonyl (C=O) groups excluding carboxylic acids is 4. The molecule has 51 heavy (non-hydrogen) atoms. The van der Waals surface area contributed by atoms with E-state index in [2.05, 4.69) is 10.1 Å². The van der Waals surface area contributed by atoms with Gasteiger partial charge in [0.1, 0.15) is 24.5 Å². The number of fused-ring (bicyclic) bond motifs is 2. The number of nitriles is 1. The lowest BCUT2D eigenvalue weighted by Crippen LogP contribution is -2.66. The molecule has 2 fully saturated rings. The molecule has 6 rings (SSSR count). The molecule has 0 aromatic heterocycles. The molecule has 1 N–H and O–H groups in total. The molecule has 2 saturated heterocycles. The highest BCUT2D eigenvalue weighted by Gasteiger charge is 2.52. The van der Waals surface area contributed by atoms with Crippen LogP contribution in [0.2, 0.25) is 10.0 Å². The zero-order valence-corrected chi connectivity index (χ0v) is 29.1. The highest BCUT2D eigenvalue weighted by atomic mass is 35.5. The number of carbonyl (C=O) groups is 4. The Bertz CT molecular complexity index is 2000. The van der Waals surface area contributed by atoms with E-state index >= 15 is 0 Å². The average molecular weight is 730 g/mol. The van der Waals surface area contributed by atoms with Crippen molar-refractivity contribution in [3.05, 3.63) is 112 Å². The minimum Gasteiger partial charge on any atom is -0.482 e. The van der Waals surface area contributed by atoms with Crippen molar-refractivity contribution >= 4 is 57.8 Å². The summed E-state index contributed by atoms with van der Waals surface area (Å²) in [4.78, 5) is 56.6. The summed E-state index contributed by atoms with van der Waals surface area (Å²) in [6.45, 7) is -0.322. The highest BCUT2D eigenvalue weighted by molar-refractivity contribution is 6.42. The summed E-state index contributed by atoms with van der Waals surface area (Å²) in [5.41, 5.74) is 2.38. The number of esters is 1. The minimum absolute atomic E-state index is 0.0987. The Hall–Kier alpha value is -5.35. The molecule has 0 unspecified atom stereocenters. The summed E-state index contributed by atoms with van der Waals surface area (Å²) in [7, 11) is 1.28. The first-order valence-corrected chi connectivity index (χ1v) is 16.9. The number of hydrazine groups is 1. The molecule has 2 aliphatic rings. The predicted octanol–water partition coefficient (Wildman–Crippen LogP) is 4.77. The van der Waals surface area contributed by atoms with Crippen molar-refractivity contribution in [2.75, 3.05) is 33.4 Å². The summed E-state index contributed by atoms with van der Waals surface area (Å²) in [5, 5.41) is 18.1. The molecule has 262 valence electrons. The number of amides is 4. The number of piperazine rings is 1. The van der Waals surface area contributed by atoms with Crippen LogP contribution in [-0.4, -0.2) is 89.2 Å². The number of halogens is 2. The number of nitrogens with one attached hydrogen (secondary N) is 1. The fourth-order valence-electron chi connectivity index (χ4n) is 6.44. The second-order valence-corrected chi connectivity index (χ2v) is 12.9. The number of rotatable bonds is 11. The third-order valence-electron chi connectivity index (χ3n) is 8.94. The van der Waals surface area contributed by atoms with Crippen LogP contribution in [0.15, 0.2) is 84.9 Å². The first-order chi connectivity index (χ1) is 24.7. The molecule has 0 bridgehead atoms. The van der Waals surface area contributed by atoms with Gasteiger partial charge >= 0.3 is 12.0 Å². The molecule has 4 aromatic carbocycles. The van der Waals surface area contributed by atoms with Crippen LogP contribution in [-0.2, 0) is 38.6 Å². The topological polar surface area (TPSA) is 136 Å². The maximum atomic E-state index is 14.4. The molecule has 0 aliphatic carbocycles. The molecule has 2 heterocycles. The van der Waals surface area contributed by atoms with Gasteiger partial charge in [-0.15, -0.1) is 0 Å². The van der Waals surface area contributed by atoms with Gasteiger partial charge in [0.25, 0.3) is 0 Å². The molecule has 4 amide bonds. The van der Waals surface area contributed by atoms with Gasteiger partial charge < -0.3 is 24.6 Å². The van der Waals surface area contributed by atoms with Gasteiger partial charge in [-0.25, -0.2) is 14.6 Å². The van der Waals surface area contributed by atoms with Crippen LogP contribution in [0.5, 0.6) is 5.75 Å². The average Bonchev–Trinajstić information content (AvgIpc) is 3.46. The van der Waals surface area contributed by atoms with Gasteiger partial charge in [0.05, 0.1) is 36.3 Å². The van der Waals surface area contributed by atoms with E-state index in [9.17, 15) is 24.4 Å². The predicted molar refractivity (Wildman–Crippen MR) is 189 cm³/mol. The monoisotopic (exact) mass is 728 g/mol. The Labute approximate surface area is 304 Å². The SMILES string of the molecule is COC(=O)COc1ccc(C[C@H]2C(=O)N(Cc3cccc4ccccc34)C[C@H]3N2C(=O)CN3N(CC#N)C(=O)NCc2ccc(Cl)c(Cl)c2)cc1. The Morgan fingerprint density at radius 2 is 1.73 bits per heavy atom. The first-order valence-electron chi connectivity index (χ1n) is 16.1. The molecule has 4 aromatic rings. The van der Waals surface area contributed by atoms with Gasteiger partial charge in [0.15, 0.2) is 6.61 Å². The van der Waals surface area contributed by atoms with Crippen LogP contribution < -0.4 is 10.1 Å². The van der Waals surface area contributed by atoms with E-state index in [1.54, 1.807) is 52.4 Å². The van der Waals surface area contributed by atoms with Crippen molar-refractivity contribution in [1.29, 1.82) is 5.26 Å². The van der Waals surface area contributed by atoms with E-state index in [4.69, 9.17) is 27.9 Å². The summed E-state index contributed by atoms with van der Waals surface area (Å²) in [5.74, 6) is -0.662. The van der Waals surface area contributed by atoms with Crippen molar-refractivity contribution in [3.8, 4) is 11.8 Å². The lowest BCUT2D eigenvalue weighted by molar-refractivity contribution is -0.157. The Kier molecular flexibility index (Phi) is 10.9. The lowest BCUT2D eigenvalue weighted by atomic mass is 9.99. The van der Waals surface area contributed by atoms with E-state index in [1.165, 1.54) is 17.0 Å². The molecule has 12 nitrogen and oxygen atoms in total. The number of hydrogen-bond acceptors (Lipinski definition) is 8. The molecule has 0 spiro atoms. The summed E-state index contributed by atoms with van der Waals surface area (Å²) in [6.07, 6.45) is -0.554. The zero-order chi connectivity index (χ0) is 36.1. The fourth-order valence-corrected chi connectivity index (χ4v) is 6.76. The van der Waals surface area contributed by atoms with Crippen LogP contribution in [0.3, 0.4) is 0 Å². The third kappa shape index (κ3) is 7.86. The first kappa shape index (κ1) is 35.5. The largest absolute Gasteiger partial charge is 0.482 e. The number of nitrogens with zero attached hydrogens (tertiary/aromatic N) is 5. The van der Waals surface area contributed by atoms with Gasteiger partial charge in [0.2, 0.25) is 11.8 Å². The van der Waals surface area contributed by atoms with Crippen LogP contribution in [0.4, 0.5) is 4.79 Å². The van der Waals surface area contributed by atoms with Crippen molar-refractivity contribution in [2.24, 2.45) is 0 Å². The second-order valence-electron chi connectivity index (χ2n) is 12.1. The van der Waals surface area contributed by atoms with E-state index in [1.807, 2.05) is 48.5 Å². The lowest BCUT2D eigenvalue weighted by Gasteiger charge is -2.46. The number of urea groups is 1. The van der Waals surface area contributed by atoms with Crippen molar-refractivity contribution in [3.63, 3.8) is 0 Å². The van der Waals surface area contributed by atoms with Gasteiger partial charge in [-0.3, -0.25) is 9.59 Å². The summed E-state index contributed by atoms with van der Waals surface area (Å²) >= 11 is 12.2. The van der Waals surface area contributed by atoms with E-state index in [0.29, 0.717) is 21.4 Å². The normalized spacial score (nSPS) is 17.2. The van der Waals surface area contributed by atoms with E-state index < -0.39 is 24.2 Å². The van der Waals surface area contributed by atoms with Crippen molar-refractivity contribution in [2.45, 2.75) is 31.7 Å². The molecule has 0 radical (unpaired) electrons. The Morgan fingerprint density at radius 1 is 0.980 bits per heavy atom. The third-order valence-corrected chi connectivity index (χ3v) is 9.68. The Balaban J connectivity index is 1.28. The van der Waals surface area contributed by atoms with Crippen molar-refractivity contribution in [1.82, 2.24) is 25.1 Å². The van der Waals surface area contributed by atoms with Crippen LogP contribution >= 0.6 is 23.2 Å². The van der Waals surface area contributed by atoms with Gasteiger partial charge in [0, 0.05) is 19.5 Å². The molecular weight excluding hydrogens is 695 g/mol. The summed E-state index contributed by atoms with van der Waals surface area (Å²) in [6, 6.07) is 26.3. The fraction of sp³-hybridized carbons (Fsp3) is 0.270. The quantitative estimate of drug-likeness (QED) is 0.172. The minimum atomic E-state index is -0.902. The van der Waals surface area contributed by atoms with Crippen LogP contribution in [0, 0.1) is 11.3 Å². The summed E-state index contributed by atoms with van der Waals surface area (Å²) < 4.78 is 10.1. The number of ether oxygens (including phenoxy) is 2. The second kappa shape index (κ2) is 15.7. The Morgan fingerprint density at radius 3 is 2.47 bits per heavy atom. The van der Waals surface area contributed by atoms with E-state index in [0.717, 1.165) is 21.9 Å². The zero-order valence-electron chi connectivity index (χ0n) is 27.6. The number of methoxy groups -OCH3 is 1. The van der Waals surface area contributed by atoms with Gasteiger partial charge in [-0.1, -0.05) is 83.9 Å². The smallest absolute Gasteiger partial charge is 0.343 e. The maximum absolute atomic E-state index is 14.4. The van der Waals surface area contributed by atoms with Gasteiger partial charge in [-0.2, -0.15) is 10.3 Å². The standard InChI is InChI=1S/C37H34Cl2N6O6/c1-50-35(47)23-51-28-12-9-24(10-13-28)18-32-36(48)42(20-27-7-4-6-26-5-2-3-8-29(26)27)21-33-44(22-34(46)45(32)33)43(16-15-40)37(49)41-19-25-11-14-30(38)31(39)17-25/h2-14,17,32-33H,16,18-23H2,1H3,(H,41,49)/t32-,33+/m0/s1.